The van der Waals surface area contributed by atoms with Crippen LogP contribution in [0.2, 0.25) is 0 Å². The van der Waals surface area contributed by atoms with Crippen molar-refractivity contribution < 1.29 is 13.2 Å². The van der Waals surface area contributed by atoms with Gasteiger partial charge in [0.25, 0.3) is 0 Å². The van der Waals surface area contributed by atoms with Crippen LogP contribution in [0.4, 0.5) is 0 Å². The predicted octanol–water partition coefficient (Wildman–Crippen LogP) is 5.15. The number of rotatable bonds is 4. The Balaban J connectivity index is 1.63. The molecule has 5 rings (SSSR count). The SMILES string of the molecule is COc1ccc(Br)cc1C1SCCN1S(=O)(=O)c1ccc2cccc3c2c1CC3. The first kappa shape index (κ1) is 19.4. The monoisotopic (exact) mass is 489 g/mol. The summed E-state index contributed by atoms with van der Waals surface area (Å²) in [5.74, 6) is 1.46. The lowest BCUT2D eigenvalue weighted by molar-refractivity contribution is 0.390. The summed E-state index contributed by atoms with van der Waals surface area (Å²) in [4.78, 5) is 0.455. The van der Waals surface area contributed by atoms with E-state index in [1.54, 1.807) is 29.2 Å². The second kappa shape index (κ2) is 7.30. The summed E-state index contributed by atoms with van der Waals surface area (Å²) in [5, 5.41) is 1.94. The van der Waals surface area contributed by atoms with Crippen LogP contribution in [0.3, 0.4) is 0 Å². The van der Waals surface area contributed by atoms with Crippen LogP contribution in [0.5, 0.6) is 5.75 Å². The lowest BCUT2D eigenvalue weighted by Gasteiger charge is -2.26. The molecule has 0 N–H and O–H groups in total. The van der Waals surface area contributed by atoms with Gasteiger partial charge >= 0.3 is 0 Å². The van der Waals surface area contributed by atoms with Gasteiger partial charge in [-0.05, 0) is 59.0 Å². The molecule has 3 aromatic rings. The molecule has 0 saturated carbocycles. The zero-order valence-electron chi connectivity index (χ0n) is 15.9. The summed E-state index contributed by atoms with van der Waals surface area (Å²) in [7, 11) is -2.01. The van der Waals surface area contributed by atoms with Gasteiger partial charge in [0.1, 0.15) is 5.75 Å². The molecule has 0 amide bonds. The molecule has 1 heterocycles. The topological polar surface area (TPSA) is 46.6 Å². The Labute approximate surface area is 183 Å². The highest BCUT2D eigenvalue weighted by molar-refractivity contribution is 9.10. The first-order valence-electron chi connectivity index (χ1n) is 9.51. The minimum Gasteiger partial charge on any atom is -0.496 e. The third-order valence-corrected chi connectivity index (χ3v) is 9.55. The second-order valence-electron chi connectivity index (χ2n) is 7.28. The predicted molar refractivity (Wildman–Crippen MR) is 121 cm³/mol. The lowest BCUT2D eigenvalue weighted by atomic mass is 10.1. The van der Waals surface area contributed by atoms with Crippen molar-refractivity contribution in [3.8, 4) is 5.75 Å². The Bertz CT molecular complexity index is 1230. The van der Waals surface area contributed by atoms with E-state index in [1.807, 2.05) is 30.3 Å². The lowest BCUT2D eigenvalue weighted by Crippen LogP contribution is -2.31. The molecule has 2 aliphatic rings. The smallest absolute Gasteiger partial charge is 0.244 e. The Morgan fingerprint density at radius 3 is 2.83 bits per heavy atom. The minimum absolute atomic E-state index is 0.299. The van der Waals surface area contributed by atoms with Crippen molar-refractivity contribution in [1.82, 2.24) is 4.31 Å². The van der Waals surface area contributed by atoms with Crippen molar-refractivity contribution in [3.05, 3.63) is 69.7 Å². The van der Waals surface area contributed by atoms with E-state index in [-0.39, 0.29) is 5.37 Å². The molecular formula is C22H20BrNO3S2. The molecule has 4 nitrogen and oxygen atoms in total. The second-order valence-corrected chi connectivity index (χ2v) is 11.2. The first-order valence-corrected chi connectivity index (χ1v) is 12.8. The fourth-order valence-electron chi connectivity index (χ4n) is 4.44. The van der Waals surface area contributed by atoms with Crippen molar-refractivity contribution in [2.75, 3.05) is 19.4 Å². The highest BCUT2D eigenvalue weighted by Crippen LogP contribution is 2.46. The highest BCUT2D eigenvalue weighted by Gasteiger charge is 2.40. The summed E-state index contributed by atoms with van der Waals surface area (Å²) < 4.78 is 35.7. The van der Waals surface area contributed by atoms with Gasteiger partial charge in [0.15, 0.2) is 0 Å². The number of thioether (sulfide) groups is 1. The maximum absolute atomic E-state index is 13.8. The zero-order chi connectivity index (χ0) is 20.2. The number of benzene rings is 3. The number of hydrogen-bond donors (Lipinski definition) is 0. The van der Waals surface area contributed by atoms with Crippen LogP contribution in [-0.4, -0.2) is 32.1 Å². The van der Waals surface area contributed by atoms with Crippen LogP contribution in [0.25, 0.3) is 10.8 Å². The van der Waals surface area contributed by atoms with Crippen molar-refractivity contribution in [2.24, 2.45) is 0 Å². The van der Waals surface area contributed by atoms with Crippen LogP contribution in [0, 0.1) is 0 Å². The van der Waals surface area contributed by atoms with Gasteiger partial charge in [0.2, 0.25) is 10.0 Å². The molecule has 1 unspecified atom stereocenters. The van der Waals surface area contributed by atoms with E-state index < -0.39 is 10.0 Å². The van der Waals surface area contributed by atoms with E-state index in [2.05, 4.69) is 28.1 Å². The van der Waals surface area contributed by atoms with Crippen molar-refractivity contribution in [2.45, 2.75) is 23.1 Å². The van der Waals surface area contributed by atoms with Crippen LogP contribution >= 0.6 is 27.7 Å². The quantitative estimate of drug-likeness (QED) is 0.508. The molecule has 0 radical (unpaired) electrons. The van der Waals surface area contributed by atoms with Gasteiger partial charge in [-0.3, -0.25) is 0 Å². The fraction of sp³-hybridized carbons (Fsp3) is 0.273. The van der Waals surface area contributed by atoms with Gasteiger partial charge in [-0.15, -0.1) is 11.8 Å². The summed E-state index contributed by atoms with van der Waals surface area (Å²) >= 11 is 5.15. The van der Waals surface area contributed by atoms with E-state index in [4.69, 9.17) is 4.74 Å². The Kier molecular flexibility index (Phi) is 4.89. The average molecular weight is 490 g/mol. The summed E-state index contributed by atoms with van der Waals surface area (Å²) in [5.41, 5.74) is 3.09. The van der Waals surface area contributed by atoms with Gasteiger partial charge in [-0.2, -0.15) is 4.31 Å². The maximum Gasteiger partial charge on any atom is 0.244 e. The molecule has 29 heavy (non-hydrogen) atoms. The molecule has 7 heteroatoms. The summed E-state index contributed by atoms with van der Waals surface area (Å²) in [6.07, 6.45) is 1.67. The maximum atomic E-state index is 13.8. The van der Waals surface area contributed by atoms with E-state index in [9.17, 15) is 8.42 Å². The molecule has 0 spiro atoms. The molecule has 150 valence electrons. The van der Waals surface area contributed by atoms with E-state index in [0.717, 1.165) is 45.0 Å². The van der Waals surface area contributed by atoms with Crippen molar-refractivity contribution in [3.63, 3.8) is 0 Å². The Hall–Kier alpha value is -1.54. The number of sulfonamides is 1. The summed E-state index contributed by atoms with van der Waals surface area (Å²) in [6.45, 7) is 0.493. The largest absolute Gasteiger partial charge is 0.496 e. The Morgan fingerprint density at radius 1 is 1.14 bits per heavy atom. The van der Waals surface area contributed by atoms with Crippen LogP contribution in [0.1, 0.15) is 22.1 Å². The number of hydrogen-bond acceptors (Lipinski definition) is 4. The third-order valence-electron chi connectivity index (χ3n) is 5.73. The van der Waals surface area contributed by atoms with E-state index in [0.29, 0.717) is 17.2 Å². The van der Waals surface area contributed by atoms with Gasteiger partial charge in [-0.25, -0.2) is 8.42 Å². The van der Waals surface area contributed by atoms with Crippen LogP contribution < -0.4 is 4.74 Å². The summed E-state index contributed by atoms with van der Waals surface area (Å²) in [6, 6.07) is 15.7. The third kappa shape index (κ3) is 3.10. The Morgan fingerprint density at radius 2 is 2.00 bits per heavy atom. The van der Waals surface area contributed by atoms with Crippen LogP contribution in [-0.2, 0) is 22.9 Å². The number of nitrogens with zero attached hydrogens (tertiary/aromatic N) is 1. The normalized spacial score (nSPS) is 19.2. The minimum atomic E-state index is -3.63. The van der Waals surface area contributed by atoms with E-state index >= 15 is 0 Å². The molecule has 1 aliphatic heterocycles. The molecule has 3 aromatic carbocycles. The molecular weight excluding hydrogens is 470 g/mol. The molecule has 1 fully saturated rings. The fourth-order valence-corrected chi connectivity index (χ4v) is 8.33. The van der Waals surface area contributed by atoms with Gasteiger partial charge < -0.3 is 4.74 Å². The number of aryl methyl sites for hydroxylation is 2. The van der Waals surface area contributed by atoms with E-state index in [1.165, 1.54) is 5.56 Å². The number of ether oxygens (including phenoxy) is 1. The van der Waals surface area contributed by atoms with Gasteiger partial charge in [0.05, 0.1) is 17.4 Å². The molecule has 1 atom stereocenters. The highest BCUT2D eigenvalue weighted by atomic mass is 79.9. The molecule has 0 bridgehead atoms. The van der Waals surface area contributed by atoms with Gasteiger partial charge in [-0.1, -0.05) is 40.2 Å². The van der Waals surface area contributed by atoms with Crippen LogP contribution in [0.15, 0.2) is 57.9 Å². The molecule has 1 saturated heterocycles. The van der Waals surface area contributed by atoms with Crippen molar-refractivity contribution >= 4 is 48.5 Å². The number of halogens is 1. The number of methoxy groups -OCH3 is 1. The van der Waals surface area contributed by atoms with Crippen molar-refractivity contribution in [1.29, 1.82) is 0 Å². The first-order chi connectivity index (χ1) is 14.0. The van der Waals surface area contributed by atoms with Gasteiger partial charge in [0, 0.05) is 22.3 Å². The molecule has 0 aromatic heterocycles. The standard InChI is InChI=1S/C22H20BrNO3S2/c1-27-19-9-7-16(23)13-18(19)22-24(11-12-28-22)29(25,26)20-10-6-15-4-2-3-14-5-8-17(20)21(14)15/h2-4,6-7,9-10,13,22H,5,8,11-12H2,1H3. The molecule has 1 aliphatic carbocycles. The average Bonchev–Trinajstić information content (AvgIpc) is 3.37. The zero-order valence-corrected chi connectivity index (χ0v) is 19.1.